The van der Waals surface area contributed by atoms with E-state index in [1.165, 1.54) is 13.1 Å². The summed E-state index contributed by atoms with van der Waals surface area (Å²) in [5, 5.41) is 8.97. The molecule has 1 saturated carbocycles. The third-order valence-electron chi connectivity index (χ3n) is 5.58. The summed E-state index contributed by atoms with van der Waals surface area (Å²) in [7, 11) is 0. The molecular formula is C20H22FN3O5. The molecule has 0 radical (unpaired) electrons. The third kappa shape index (κ3) is 3.52. The molecule has 1 aliphatic heterocycles. The van der Waals surface area contributed by atoms with Crippen molar-refractivity contribution < 1.29 is 23.8 Å². The number of anilines is 1. The highest BCUT2D eigenvalue weighted by molar-refractivity contribution is 5.85. The Kier molecular flexibility index (Phi) is 4.68. The van der Waals surface area contributed by atoms with E-state index in [1.54, 1.807) is 15.5 Å². The number of hydrogen-bond donors (Lipinski definition) is 1. The van der Waals surface area contributed by atoms with Crippen LogP contribution in [0, 0.1) is 5.82 Å². The molecule has 2 aliphatic rings. The van der Waals surface area contributed by atoms with Gasteiger partial charge in [0.05, 0.1) is 22.8 Å². The van der Waals surface area contributed by atoms with Crippen LogP contribution in [0.5, 0.6) is 5.75 Å². The number of hydrogen-bond acceptors (Lipinski definition) is 5. The van der Waals surface area contributed by atoms with E-state index in [4.69, 9.17) is 5.11 Å². The topological polar surface area (TPSA) is 92.1 Å². The number of amides is 1. The molecular weight excluding hydrogens is 381 g/mol. The molecule has 8 nitrogen and oxygen atoms in total. The Morgan fingerprint density at radius 1 is 1.24 bits per heavy atom. The maximum atomic E-state index is 15.0. The van der Waals surface area contributed by atoms with Crippen LogP contribution in [0.15, 0.2) is 23.1 Å². The Balaban J connectivity index is 1.79. The predicted octanol–water partition coefficient (Wildman–Crippen LogP) is 2.59. The van der Waals surface area contributed by atoms with E-state index in [0.717, 1.165) is 18.9 Å². The van der Waals surface area contributed by atoms with Crippen molar-refractivity contribution >= 4 is 28.7 Å². The molecule has 1 atom stereocenters. The first kappa shape index (κ1) is 19.2. The average Bonchev–Trinajstić information content (AvgIpc) is 3.48. The van der Waals surface area contributed by atoms with Gasteiger partial charge in [-0.2, -0.15) is 0 Å². The van der Waals surface area contributed by atoms with E-state index in [-0.39, 0.29) is 29.1 Å². The van der Waals surface area contributed by atoms with Crippen molar-refractivity contribution in [2.75, 3.05) is 24.5 Å². The highest BCUT2D eigenvalue weighted by Crippen LogP contribution is 2.39. The molecule has 0 bridgehead atoms. The maximum Gasteiger partial charge on any atom is 0.511 e. The number of aromatic nitrogens is 1. The summed E-state index contributed by atoms with van der Waals surface area (Å²) in [6.45, 7) is 4.90. The van der Waals surface area contributed by atoms with Crippen LogP contribution < -0.4 is 15.1 Å². The van der Waals surface area contributed by atoms with E-state index in [0.29, 0.717) is 30.8 Å². The summed E-state index contributed by atoms with van der Waals surface area (Å²) in [4.78, 5) is 38.9. The highest BCUT2D eigenvalue weighted by atomic mass is 19.1. The number of nitrogens with zero attached hydrogens (tertiary/aromatic N) is 3. The molecule has 1 saturated heterocycles. The van der Waals surface area contributed by atoms with Gasteiger partial charge in [-0.15, -0.1) is 0 Å². The molecule has 4 rings (SSSR count). The lowest BCUT2D eigenvalue weighted by Gasteiger charge is -2.40. The van der Waals surface area contributed by atoms with Crippen LogP contribution in [0.4, 0.5) is 14.9 Å². The van der Waals surface area contributed by atoms with Gasteiger partial charge < -0.3 is 24.2 Å². The Labute approximate surface area is 166 Å². The Morgan fingerprint density at radius 3 is 2.55 bits per heavy atom. The molecule has 1 unspecified atom stereocenters. The molecule has 1 aromatic heterocycles. The van der Waals surface area contributed by atoms with Crippen LogP contribution in [0.3, 0.4) is 0 Å². The van der Waals surface area contributed by atoms with Crippen molar-refractivity contribution in [1.29, 1.82) is 0 Å². The lowest BCUT2D eigenvalue weighted by molar-refractivity contribution is -0.131. The minimum Gasteiger partial charge on any atom is -0.449 e. The quantitative estimate of drug-likeness (QED) is 0.792. The summed E-state index contributed by atoms with van der Waals surface area (Å²) in [6, 6.07) is 2.86. The van der Waals surface area contributed by atoms with Crippen LogP contribution in [-0.4, -0.2) is 52.3 Å². The second-order valence-corrected chi connectivity index (χ2v) is 7.66. The van der Waals surface area contributed by atoms with Crippen molar-refractivity contribution in [3.8, 4) is 5.75 Å². The van der Waals surface area contributed by atoms with Crippen LogP contribution in [0.1, 0.15) is 32.7 Å². The van der Waals surface area contributed by atoms with Gasteiger partial charge in [0.1, 0.15) is 5.82 Å². The number of fused-ring (bicyclic) bond motifs is 1. The molecule has 2 aromatic rings. The fraction of sp³-hybridized carbons (Fsp3) is 0.450. The van der Waals surface area contributed by atoms with Gasteiger partial charge in [-0.05, 0) is 31.9 Å². The van der Waals surface area contributed by atoms with Crippen molar-refractivity contribution in [3.63, 3.8) is 0 Å². The SMILES string of the molecule is CC(=O)N1CCN(c2cc3c(cc2F)c(=O)c(OC(=O)O)cn3C2CC2)CC1C. The largest absolute Gasteiger partial charge is 0.511 e. The molecule has 0 spiro atoms. The number of piperazine rings is 1. The molecule has 1 aliphatic carbocycles. The summed E-state index contributed by atoms with van der Waals surface area (Å²) in [5.74, 6) is -0.898. The lowest BCUT2D eigenvalue weighted by atomic mass is 10.1. The number of rotatable bonds is 3. The second-order valence-electron chi connectivity index (χ2n) is 7.66. The van der Waals surface area contributed by atoms with Gasteiger partial charge in [-0.25, -0.2) is 9.18 Å². The van der Waals surface area contributed by atoms with Gasteiger partial charge in [0, 0.05) is 38.6 Å². The minimum absolute atomic E-state index is 0.00957. The van der Waals surface area contributed by atoms with E-state index < -0.39 is 17.4 Å². The number of benzene rings is 1. The zero-order valence-electron chi connectivity index (χ0n) is 16.2. The zero-order valence-corrected chi connectivity index (χ0v) is 16.2. The minimum atomic E-state index is -1.58. The second kappa shape index (κ2) is 7.06. The predicted molar refractivity (Wildman–Crippen MR) is 104 cm³/mol. The monoisotopic (exact) mass is 403 g/mol. The summed E-state index contributed by atoms with van der Waals surface area (Å²) in [5.41, 5.74) is 0.265. The van der Waals surface area contributed by atoms with Gasteiger partial charge in [-0.3, -0.25) is 9.59 Å². The smallest absolute Gasteiger partial charge is 0.449 e. The van der Waals surface area contributed by atoms with Crippen LogP contribution in [0.25, 0.3) is 10.9 Å². The average molecular weight is 403 g/mol. The molecule has 2 heterocycles. The molecule has 154 valence electrons. The van der Waals surface area contributed by atoms with E-state index in [9.17, 15) is 18.8 Å². The molecule has 1 amide bonds. The fourth-order valence-electron chi connectivity index (χ4n) is 4.04. The molecule has 9 heteroatoms. The van der Waals surface area contributed by atoms with Gasteiger partial charge in [-0.1, -0.05) is 0 Å². The third-order valence-corrected chi connectivity index (χ3v) is 5.58. The van der Waals surface area contributed by atoms with Gasteiger partial charge in [0.2, 0.25) is 11.3 Å². The summed E-state index contributed by atoms with van der Waals surface area (Å²) < 4.78 is 21.4. The number of ether oxygens (including phenoxy) is 1. The molecule has 29 heavy (non-hydrogen) atoms. The lowest BCUT2D eigenvalue weighted by Crippen LogP contribution is -2.53. The first-order chi connectivity index (χ1) is 13.8. The first-order valence-electron chi connectivity index (χ1n) is 9.57. The summed E-state index contributed by atoms with van der Waals surface area (Å²) in [6.07, 6.45) is 1.60. The van der Waals surface area contributed by atoms with Crippen LogP contribution in [-0.2, 0) is 4.79 Å². The number of carbonyl (C=O) groups excluding carboxylic acids is 1. The number of carbonyl (C=O) groups is 2. The normalized spacial score (nSPS) is 19.5. The van der Waals surface area contributed by atoms with Crippen molar-refractivity contribution in [2.45, 2.75) is 38.8 Å². The summed E-state index contributed by atoms with van der Waals surface area (Å²) >= 11 is 0. The fourth-order valence-corrected chi connectivity index (χ4v) is 4.04. The van der Waals surface area contributed by atoms with Crippen LogP contribution >= 0.6 is 0 Å². The molecule has 1 N–H and O–H groups in total. The molecule has 2 fully saturated rings. The number of pyridine rings is 1. The van der Waals surface area contributed by atoms with Crippen molar-refractivity contribution in [2.24, 2.45) is 0 Å². The highest BCUT2D eigenvalue weighted by Gasteiger charge is 2.30. The Morgan fingerprint density at radius 2 is 1.97 bits per heavy atom. The van der Waals surface area contributed by atoms with Gasteiger partial charge in [0.15, 0.2) is 5.75 Å². The zero-order chi connectivity index (χ0) is 20.9. The number of halogens is 1. The maximum absolute atomic E-state index is 15.0. The Hall–Kier alpha value is -3.10. The van der Waals surface area contributed by atoms with Gasteiger partial charge >= 0.3 is 6.16 Å². The molecule has 1 aromatic carbocycles. The van der Waals surface area contributed by atoms with Crippen molar-refractivity contribution in [3.05, 3.63) is 34.4 Å². The Bertz CT molecular complexity index is 1060. The standard InChI is InChI=1S/C20H22FN3O5/c1-11-9-22(5-6-23(11)12(2)25)17-8-16-14(7-15(17)21)19(26)18(29-20(27)28)10-24(16)13-3-4-13/h7-8,10-11,13H,3-6,9H2,1-2H3,(H,27,28). The number of carboxylic acid groups (broad SMARTS) is 1. The van der Waals surface area contributed by atoms with Crippen molar-refractivity contribution in [1.82, 2.24) is 9.47 Å². The van der Waals surface area contributed by atoms with E-state index in [2.05, 4.69) is 4.74 Å². The van der Waals surface area contributed by atoms with Gasteiger partial charge in [0.25, 0.3) is 0 Å². The van der Waals surface area contributed by atoms with E-state index in [1.807, 2.05) is 11.8 Å². The van der Waals surface area contributed by atoms with E-state index >= 15 is 0 Å². The first-order valence-corrected chi connectivity index (χ1v) is 9.57. The van der Waals surface area contributed by atoms with Crippen LogP contribution in [0.2, 0.25) is 0 Å².